The summed E-state index contributed by atoms with van der Waals surface area (Å²) in [7, 11) is 1.58. The number of hydrogen-bond donors (Lipinski definition) is 2. The Morgan fingerprint density at radius 3 is 2.65 bits per heavy atom. The molecule has 2 rings (SSSR count). The molecular weight excluding hydrogens is 338 g/mol. The van der Waals surface area contributed by atoms with Crippen LogP contribution in [0.15, 0.2) is 39.9 Å². The van der Waals surface area contributed by atoms with Crippen LogP contribution in [-0.2, 0) is 11.2 Å². The molecule has 2 amide bonds. The van der Waals surface area contributed by atoms with E-state index in [0.29, 0.717) is 23.5 Å². The molecule has 2 aromatic rings. The van der Waals surface area contributed by atoms with Crippen LogP contribution in [0.4, 0.5) is 4.79 Å². The monoisotopic (exact) mass is 359 g/mol. The van der Waals surface area contributed by atoms with Crippen LogP contribution in [0.1, 0.15) is 41.3 Å². The number of carbonyl (C=O) groups is 2. The zero-order chi connectivity index (χ0) is 19.1. The summed E-state index contributed by atoms with van der Waals surface area (Å²) >= 11 is 0. The van der Waals surface area contributed by atoms with Gasteiger partial charge in [-0.25, -0.2) is 10.2 Å². The van der Waals surface area contributed by atoms with E-state index < -0.39 is 6.03 Å². The number of methoxy groups -OCH3 is 1. The van der Waals surface area contributed by atoms with Crippen LogP contribution >= 0.6 is 0 Å². The summed E-state index contributed by atoms with van der Waals surface area (Å²) in [6.07, 6.45) is 0.349. The number of carbonyl (C=O) groups excluding carboxylic acids is 2. The molecule has 1 heterocycles. The van der Waals surface area contributed by atoms with Gasteiger partial charge in [-0.1, -0.05) is 18.2 Å². The van der Waals surface area contributed by atoms with Gasteiger partial charge in [-0.05, 0) is 19.9 Å². The molecule has 3 N–H and O–H groups in total. The number of Topliss-reactive ketones (excluding diaryl/α,β-unsaturated/α-hetero) is 1. The van der Waals surface area contributed by atoms with E-state index in [2.05, 4.69) is 10.5 Å². The lowest BCUT2D eigenvalue weighted by Gasteiger charge is -2.07. The number of furan rings is 1. The first kappa shape index (κ1) is 19.0. The van der Waals surface area contributed by atoms with Crippen LogP contribution in [-0.4, -0.2) is 31.4 Å². The average Bonchev–Trinajstić information content (AvgIpc) is 3.03. The van der Waals surface area contributed by atoms with Gasteiger partial charge in [-0.2, -0.15) is 0 Å². The maximum atomic E-state index is 12.0. The van der Waals surface area contributed by atoms with Crippen LogP contribution in [0.5, 0.6) is 5.75 Å². The van der Waals surface area contributed by atoms with Gasteiger partial charge in [0.2, 0.25) is 0 Å². The van der Waals surface area contributed by atoms with E-state index in [4.69, 9.17) is 19.6 Å². The van der Waals surface area contributed by atoms with Crippen molar-refractivity contribution in [2.45, 2.75) is 20.3 Å². The summed E-state index contributed by atoms with van der Waals surface area (Å²) < 4.78 is 16.5. The maximum Gasteiger partial charge on any atom is 0.332 e. The molecule has 0 radical (unpaired) electrons. The standard InChI is InChI=1S/C18H21N3O5/c1-4-25-17(20-21-18(19)23)16-10-13(11(2)22)15(26-16)9-12-7-5-6-8-14(12)24-3/h5-8,10H,4,9H2,1-3H3,(H3,19,21,23). The number of nitrogens with two attached hydrogens (primary N) is 1. The molecule has 0 fully saturated rings. The van der Waals surface area contributed by atoms with Gasteiger partial charge in [0, 0.05) is 18.1 Å². The normalized spacial score (nSPS) is 11.1. The number of hydrazone groups is 1. The Morgan fingerprint density at radius 2 is 2.04 bits per heavy atom. The molecule has 0 spiro atoms. The topological polar surface area (TPSA) is 116 Å². The van der Waals surface area contributed by atoms with E-state index in [0.717, 1.165) is 5.56 Å². The van der Waals surface area contributed by atoms with Gasteiger partial charge in [-0.3, -0.25) is 4.79 Å². The van der Waals surface area contributed by atoms with Crippen LogP contribution in [0.3, 0.4) is 0 Å². The number of amides is 2. The Kier molecular flexibility index (Phi) is 6.37. The third-order valence-corrected chi connectivity index (χ3v) is 3.49. The lowest BCUT2D eigenvalue weighted by Crippen LogP contribution is -2.26. The number of hydrogen-bond acceptors (Lipinski definition) is 6. The molecule has 1 aromatic heterocycles. The zero-order valence-corrected chi connectivity index (χ0v) is 14.9. The highest BCUT2D eigenvalue weighted by Crippen LogP contribution is 2.25. The molecule has 0 bridgehead atoms. The average molecular weight is 359 g/mol. The molecule has 0 aliphatic carbocycles. The fraction of sp³-hybridized carbons (Fsp3) is 0.278. The van der Waals surface area contributed by atoms with Crippen molar-refractivity contribution in [2.75, 3.05) is 13.7 Å². The first-order valence-electron chi connectivity index (χ1n) is 7.98. The molecule has 8 heteroatoms. The van der Waals surface area contributed by atoms with Gasteiger partial charge in [0.25, 0.3) is 5.90 Å². The third kappa shape index (κ3) is 4.62. The number of primary amides is 1. The number of para-hydroxylation sites is 1. The Balaban J connectivity index is 2.42. The first-order valence-corrected chi connectivity index (χ1v) is 7.98. The Bertz CT molecular complexity index is 826. The number of ketones is 1. The summed E-state index contributed by atoms with van der Waals surface area (Å²) in [5.41, 5.74) is 8.38. The minimum Gasteiger partial charge on any atom is -0.496 e. The largest absolute Gasteiger partial charge is 0.496 e. The van der Waals surface area contributed by atoms with Gasteiger partial charge >= 0.3 is 6.03 Å². The molecule has 138 valence electrons. The van der Waals surface area contributed by atoms with Crippen molar-refractivity contribution < 1.29 is 23.5 Å². The zero-order valence-electron chi connectivity index (χ0n) is 14.9. The van der Waals surface area contributed by atoms with Gasteiger partial charge in [0.05, 0.1) is 19.3 Å². The van der Waals surface area contributed by atoms with Crippen molar-refractivity contribution in [2.24, 2.45) is 10.8 Å². The Morgan fingerprint density at radius 1 is 1.31 bits per heavy atom. The summed E-state index contributed by atoms with van der Waals surface area (Å²) in [5, 5.41) is 3.78. The van der Waals surface area contributed by atoms with E-state index in [1.807, 2.05) is 24.3 Å². The first-order chi connectivity index (χ1) is 12.5. The molecule has 8 nitrogen and oxygen atoms in total. The molecule has 0 saturated carbocycles. The summed E-state index contributed by atoms with van der Waals surface area (Å²) in [6, 6.07) is 8.14. The Labute approximate surface area is 151 Å². The molecule has 0 unspecified atom stereocenters. The van der Waals surface area contributed by atoms with E-state index in [1.165, 1.54) is 13.0 Å². The highest BCUT2D eigenvalue weighted by Gasteiger charge is 2.20. The van der Waals surface area contributed by atoms with E-state index in [9.17, 15) is 9.59 Å². The fourth-order valence-electron chi connectivity index (χ4n) is 2.39. The summed E-state index contributed by atoms with van der Waals surface area (Å²) in [6.45, 7) is 3.49. The van der Waals surface area contributed by atoms with Gasteiger partial charge in [-0.15, -0.1) is 5.10 Å². The van der Waals surface area contributed by atoms with Crippen LogP contribution in [0, 0.1) is 0 Å². The number of nitrogens with one attached hydrogen (secondary N) is 1. The second kappa shape index (κ2) is 8.70. The molecule has 0 aliphatic heterocycles. The number of rotatable bonds is 7. The quantitative estimate of drug-likeness (QED) is 0.341. The smallest absolute Gasteiger partial charge is 0.332 e. The van der Waals surface area contributed by atoms with Crippen LogP contribution in [0.2, 0.25) is 0 Å². The molecular formula is C18H21N3O5. The van der Waals surface area contributed by atoms with E-state index in [-0.39, 0.29) is 24.0 Å². The predicted molar refractivity (Wildman–Crippen MR) is 95.4 cm³/mol. The van der Waals surface area contributed by atoms with Gasteiger partial charge in [0.15, 0.2) is 11.5 Å². The summed E-state index contributed by atoms with van der Waals surface area (Å²) in [4.78, 5) is 22.9. The molecule has 0 saturated heterocycles. The molecule has 26 heavy (non-hydrogen) atoms. The highest BCUT2D eigenvalue weighted by molar-refractivity contribution is 5.99. The number of urea groups is 1. The lowest BCUT2D eigenvalue weighted by molar-refractivity contribution is 0.101. The maximum absolute atomic E-state index is 12.0. The Hall–Kier alpha value is -3.29. The highest BCUT2D eigenvalue weighted by atomic mass is 16.5. The van der Waals surface area contributed by atoms with Crippen LogP contribution < -0.4 is 15.9 Å². The number of ether oxygens (including phenoxy) is 2. The van der Waals surface area contributed by atoms with Crippen molar-refractivity contribution in [1.82, 2.24) is 5.43 Å². The minimum atomic E-state index is -0.838. The van der Waals surface area contributed by atoms with Crippen molar-refractivity contribution in [1.29, 1.82) is 0 Å². The molecule has 1 aromatic carbocycles. The number of benzene rings is 1. The van der Waals surface area contributed by atoms with E-state index in [1.54, 1.807) is 14.0 Å². The van der Waals surface area contributed by atoms with E-state index >= 15 is 0 Å². The predicted octanol–water partition coefficient (Wildman–Crippen LogP) is 2.45. The van der Waals surface area contributed by atoms with Crippen LogP contribution in [0.25, 0.3) is 0 Å². The van der Waals surface area contributed by atoms with Crippen molar-refractivity contribution in [3.63, 3.8) is 0 Å². The minimum absolute atomic E-state index is 0.0278. The third-order valence-electron chi connectivity index (χ3n) is 3.49. The van der Waals surface area contributed by atoms with Gasteiger partial charge < -0.3 is 19.6 Å². The van der Waals surface area contributed by atoms with Gasteiger partial charge in [0.1, 0.15) is 11.5 Å². The summed E-state index contributed by atoms with van der Waals surface area (Å²) in [5.74, 6) is 1.22. The molecule has 0 atom stereocenters. The van der Waals surface area contributed by atoms with Crippen molar-refractivity contribution >= 4 is 17.7 Å². The SMILES string of the molecule is CCOC(=NNC(N)=O)c1cc(C(C)=O)c(Cc2ccccc2OC)o1. The second-order valence-corrected chi connectivity index (χ2v) is 5.32. The molecule has 0 aliphatic rings. The number of nitrogens with zero attached hydrogens (tertiary/aromatic N) is 1. The van der Waals surface area contributed by atoms with Crippen molar-refractivity contribution in [3.05, 3.63) is 53.0 Å². The fourth-order valence-corrected chi connectivity index (χ4v) is 2.39. The van der Waals surface area contributed by atoms with Crippen molar-refractivity contribution in [3.8, 4) is 5.75 Å². The lowest BCUT2D eigenvalue weighted by atomic mass is 10.0. The second-order valence-electron chi connectivity index (χ2n) is 5.32.